The molecule has 0 aromatic carbocycles. The van der Waals surface area contributed by atoms with E-state index in [0.717, 1.165) is 5.69 Å². The van der Waals surface area contributed by atoms with E-state index in [2.05, 4.69) is 9.97 Å². The Labute approximate surface area is 81.8 Å². The number of aryl methyl sites for hydroxylation is 1. The monoisotopic (exact) mass is 198 g/mol. The van der Waals surface area contributed by atoms with E-state index in [1.54, 1.807) is 12.5 Å². The zero-order chi connectivity index (χ0) is 10.4. The lowest BCUT2D eigenvalue weighted by Crippen LogP contribution is -2.25. The van der Waals surface area contributed by atoms with Crippen molar-refractivity contribution in [3.63, 3.8) is 0 Å². The third-order valence-electron chi connectivity index (χ3n) is 2.14. The first-order valence-electron chi connectivity index (χ1n) is 4.49. The summed E-state index contributed by atoms with van der Waals surface area (Å²) >= 11 is 0. The van der Waals surface area contributed by atoms with Gasteiger partial charge in [-0.05, 0) is 12.8 Å². The SMILES string of the molecule is O=CC(CCc1c[nH]cn1)C(O)CO. The minimum Gasteiger partial charge on any atom is -0.394 e. The van der Waals surface area contributed by atoms with Gasteiger partial charge in [-0.2, -0.15) is 0 Å². The van der Waals surface area contributed by atoms with Crippen molar-refractivity contribution in [3.05, 3.63) is 18.2 Å². The minimum atomic E-state index is -0.966. The highest BCUT2D eigenvalue weighted by molar-refractivity contribution is 5.54. The van der Waals surface area contributed by atoms with Crippen LogP contribution in [0.5, 0.6) is 0 Å². The summed E-state index contributed by atoms with van der Waals surface area (Å²) in [5.41, 5.74) is 0.849. The zero-order valence-electron chi connectivity index (χ0n) is 7.76. The summed E-state index contributed by atoms with van der Waals surface area (Å²) in [5, 5.41) is 17.9. The third kappa shape index (κ3) is 2.93. The van der Waals surface area contributed by atoms with Gasteiger partial charge in [-0.1, -0.05) is 0 Å². The molecule has 0 saturated heterocycles. The average Bonchev–Trinajstić information content (AvgIpc) is 2.71. The van der Waals surface area contributed by atoms with Gasteiger partial charge in [0.2, 0.25) is 0 Å². The second-order valence-electron chi connectivity index (χ2n) is 3.15. The van der Waals surface area contributed by atoms with E-state index in [1.807, 2.05) is 0 Å². The first kappa shape index (κ1) is 10.9. The van der Waals surface area contributed by atoms with Crippen molar-refractivity contribution in [1.82, 2.24) is 9.97 Å². The maximum absolute atomic E-state index is 10.6. The summed E-state index contributed by atoms with van der Waals surface area (Å²) in [6.07, 6.45) is 4.13. The number of nitrogens with zero attached hydrogens (tertiary/aromatic N) is 1. The number of carbonyl (C=O) groups is 1. The molecule has 2 unspecified atom stereocenters. The van der Waals surface area contributed by atoms with Crippen LogP contribution in [-0.2, 0) is 11.2 Å². The first-order valence-corrected chi connectivity index (χ1v) is 4.49. The van der Waals surface area contributed by atoms with Crippen LogP contribution in [0.1, 0.15) is 12.1 Å². The summed E-state index contributed by atoms with van der Waals surface area (Å²) < 4.78 is 0. The maximum Gasteiger partial charge on any atom is 0.125 e. The van der Waals surface area contributed by atoms with E-state index in [4.69, 9.17) is 5.11 Å². The number of aliphatic hydroxyl groups excluding tert-OH is 2. The molecule has 1 aromatic heterocycles. The molecule has 78 valence electrons. The first-order chi connectivity index (χ1) is 6.77. The van der Waals surface area contributed by atoms with Gasteiger partial charge >= 0.3 is 0 Å². The predicted molar refractivity (Wildman–Crippen MR) is 49.6 cm³/mol. The number of aromatic nitrogens is 2. The highest BCUT2D eigenvalue weighted by Crippen LogP contribution is 2.09. The molecule has 0 amide bonds. The maximum atomic E-state index is 10.6. The Morgan fingerprint density at radius 2 is 2.43 bits per heavy atom. The summed E-state index contributed by atoms with van der Waals surface area (Å²) in [4.78, 5) is 17.4. The standard InChI is InChI=1S/C9H14N2O3/c12-4-7(9(14)5-13)1-2-8-3-10-6-11-8/h3-4,6-7,9,13-14H,1-2,5H2,(H,10,11). The fraction of sp³-hybridized carbons (Fsp3) is 0.556. The van der Waals surface area contributed by atoms with Crippen molar-refractivity contribution in [3.8, 4) is 0 Å². The Hall–Kier alpha value is -1.20. The molecule has 0 aliphatic rings. The second-order valence-corrected chi connectivity index (χ2v) is 3.15. The quantitative estimate of drug-likeness (QED) is 0.538. The molecule has 0 fully saturated rings. The van der Waals surface area contributed by atoms with Gasteiger partial charge in [0.15, 0.2) is 0 Å². The van der Waals surface area contributed by atoms with Crippen molar-refractivity contribution < 1.29 is 15.0 Å². The molecule has 0 aliphatic heterocycles. The van der Waals surface area contributed by atoms with E-state index < -0.39 is 12.0 Å². The third-order valence-corrected chi connectivity index (χ3v) is 2.14. The van der Waals surface area contributed by atoms with E-state index in [1.165, 1.54) is 0 Å². The Bertz CT molecular complexity index is 261. The fourth-order valence-electron chi connectivity index (χ4n) is 1.23. The molecule has 0 saturated carbocycles. The molecule has 2 atom stereocenters. The lowest BCUT2D eigenvalue weighted by Gasteiger charge is -2.13. The normalized spacial score (nSPS) is 15.0. The Morgan fingerprint density at radius 1 is 1.64 bits per heavy atom. The smallest absolute Gasteiger partial charge is 0.125 e. The van der Waals surface area contributed by atoms with Crippen LogP contribution < -0.4 is 0 Å². The fourth-order valence-corrected chi connectivity index (χ4v) is 1.23. The van der Waals surface area contributed by atoms with Crippen LogP contribution in [0.2, 0.25) is 0 Å². The molecule has 5 nitrogen and oxygen atoms in total. The Morgan fingerprint density at radius 3 is 2.93 bits per heavy atom. The minimum absolute atomic E-state index is 0.385. The van der Waals surface area contributed by atoms with Crippen LogP contribution in [0.25, 0.3) is 0 Å². The summed E-state index contributed by atoms with van der Waals surface area (Å²) in [7, 11) is 0. The zero-order valence-corrected chi connectivity index (χ0v) is 7.76. The molecule has 14 heavy (non-hydrogen) atoms. The molecule has 0 bridgehead atoms. The van der Waals surface area contributed by atoms with Crippen molar-refractivity contribution in [2.24, 2.45) is 5.92 Å². The number of rotatable bonds is 6. The van der Waals surface area contributed by atoms with E-state index in [-0.39, 0.29) is 6.61 Å². The van der Waals surface area contributed by atoms with Gasteiger partial charge < -0.3 is 20.0 Å². The number of hydrogen-bond donors (Lipinski definition) is 3. The van der Waals surface area contributed by atoms with E-state index in [0.29, 0.717) is 19.1 Å². The number of nitrogens with one attached hydrogen (secondary N) is 1. The molecule has 5 heteroatoms. The van der Waals surface area contributed by atoms with Gasteiger partial charge in [0.05, 0.1) is 24.7 Å². The molecule has 0 spiro atoms. The second kappa shape index (κ2) is 5.51. The highest BCUT2D eigenvalue weighted by Gasteiger charge is 2.17. The van der Waals surface area contributed by atoms with Gasteiger partial charge in [0.25, 0.3) is 0 Å². The molecule has 1 heterocycles. The molecule has 1 aromatic rings. The summed E-state index contributed by atoms with van der Waals surface area (Å²) in [6, 6.07) is 0. The van der Waals surface area contributed by atoms with Gasteiger partial charge in [-0.3, -0.25) is 0 Å². The van der Waals surface area contributed by atoms with Crippen LogP contribution in [0.4, 0.5) is 0 Å². The number of carbonyl (C=O) groups excluding carboxylic acids is 1. The van der Waals surface area contributed by atoms with Crippen molar-refractivity contribution in [2.75, 3.05) is 6.61 Å². The van der Waals surface area contributed by atoms with Crippen LogP contribution in [0, 0.1) is 5.92 Å². The molecule has 1 rings (SSSR count). The predicted octanol–water partition coefficient (Wildman–Crippen LogP) is -0.489. The topological polar surface area (TPSA) is 86.2 Å². The molecule has 0 radical (unpaired) electrons. The number of aliphatic hydroxyl groups is 2. The van der Waals surface area contributed by atoms with Crippen LogP contribution in [-0.4, -0.2) is 39.2 Å². The van der Waals surface area contributed by atoms with Gasteiger partial charge in [0, 0.05) is 12.1 Å². The number of aromatic amines is 1. The molecular weight excluding hydrogens is 184 g/mol. The highest BCUT2D eigenvalue weighted by atomic mass is 16.3. The van der Waals surface area contributed by atoms with Crippen molar-refractivity contribution in [1.29, 1.82) is 0 Å². The lowest BCUT2D eigenvalue weighted by atomic mass is 9.98. The van der Waals surface area contributed by atoms with Gasteiger partial charge in [0.1, 0.15) is 6.29 Å². The average molecular weight is 198 g/mol. The van der Waals surface area contributed by atoms with Gasteiger partial charge in [-0.25, -0.2) is 4.98 Å². The summed E-state index contributed by atoms with van der Waals surface area (Å²) in [6.45, 7) is -0.385. The number of imidazole rings is 1. The van der Waals surface area contributed by atoms with Crippen LogP contribution in [0.3, 0.4) is 0 Å². The summed E-state index contributed by atoms with van der Waals surface area (Å²) in [5.74, 6) is -0.517. The molecule has 3 N–H and O–H groups in total. The largest absolute Gasteiger partial charge is 0.394 e. The van der Waals surface area contributed by atoms with Crippen LogP contribution >= 0.6 is 0 Å². The molecular formula is C9H14N2O3. The van der Waals surface area contributed by atoms with Gasteiger partial charge in [-0.15, -0.1) is 0 Å². The molecule has 0 aliphatic carbocycles. The Kier molecular flexibility index (Phi) is 4.28. The van der Waals surface area contributed by atoms with Crippen molar-refractivity contribution in [2.45, 2.75) is 18.9 Å². The van der Waals surface area contributed by atoms with Crippen molar-refractivity contribution >= 4 is 6.29 Å². The van der Waals surface area contributed by atoms with E-state index in [9.17, 15) is 9.90 Å². The number of aldehydes is 1. The lowest BCUT2D eigenvalue weighted by molar-refractivity contribution is -0.115. The Balaban J connectivity index is 2.38. The van der Waals surface area contributed by atoms with Crippen LogP contribution in [0.15, 0.2) is 12.5 Å². The number of H-pyrrole nitrogens is 1. The number of hydrogen-bond acceptors (Lipinski definition) is 4. The van der Waals surface area contributed by atoms with E-state index >= 15 is 0 Å².